The van der Waals surface area contributed by atoms with Gasteiger partial charge >= 0.3 is 0 Å². The maximum atomic E-state index is 14.5. The maximum absolute atomic E-state index is 14.5. The smallest absolute Gasteiger partial charge is 0.264 e. The van der Waals surface area contributed by atoms with Crippen molar-refractivity contribution in [3.8, 4) is 0 Å². The monoisotopic (exact) mass is 755 g/mol. The summed E-state index contributed by atoms with van der Waals surface area (Å²) in [4.78, 5) is 73.1. The first kappa shape index (κ1) is 43.6. The van der Waals surface area contributed by atoms with Gasteiger partial charge < -0.3 is 25.4 Å². The molecule has 2 aliphatic rings. The normalized spacial score (nSPS) is 18.6. The van der Waals surface area contributed by atoms with E-state index in [9.17, 15) is 24.0 Å². The lowest BCUT2D eigenvalue weighted by Crippen LogP contribution is -2.61. The lowest BCUT2D eigenvalue weighted by Gasteiger charge is -2.34. The number of carbonyl (C=O) groups is 5. The van der Waals surface area contributed by atoms with Gasteiger partial charge in [0.15, 0.2) is 5.60 Å². The topological polar surface area (TPSA) is 150 Å². The molecule has 12 nitrogen and oxygen atoms in total. The van der Waals surface area contributed by atoms with Crippen molar-refractivity contribution < 1.29 is 33.4 Å². The highest BCUT2D eigenvalue weighted by Crippen LogP contribution is 2.30. The van der Waals surface area contributed by atoms with E-state index in [0.717, 1.165) is 22.4 Å². The number of hydrogen-bond acceptors (Lipinski definition) is 8. The number of ether oxygens (including phenoxy) is 2. The molecule has 2 aromatic rings. The number of hydrogen-bond donors (Lipinski definition) is 3. The lowest BCUT2D eigenvalue weighted by molar-refractivity contribution is -0.156. The van der Waals surface area contributed by atoms with Crippen molar-refractivity contribution in [1.82, 2.24) is 25.8 Å². The number of halogens is 1. The van der Waals surface area contributed by atoms with E-state index in [-0.39, 0.29) is 56.6 Å². The lowest BCUT2D eigenvalue weighted by atomic mass is 9.98. The summed E-state index contributed by atoms with van der Waals surface area (Å²) in [7, 11) is 0. The molecule has 4 rings (SSSR count). The standard InChI is InChI=1S/C40H57N5O7.ClH/c1-28(2)18-19-41-36(47)33(25-31-14-10-7-11-15-31)42-37(48)32(24-29(3)4)43-38(49)34(17-16-30-12-8-6-9-13-30)45(39(50)40(5)27-52-40)35(46)26-44-20-22-51-23-21-44;/h6-15,28-29,32-34H,16-27H2,1-5H3,(H,41,47)(H,42,48)(H,43,49);1H/t32-,33-,34-,40+;/m0./s1. The quantitative estimate of drug-likeness (QED) is 0.185. The van der Waals surface area contributed by atoms with Crippen LogP contribution >= 0.6 is 12.4 Å². The van der Waals surface area contributed by atoms with E-state index in [2.05, 4.69) is 29.8 Å². The second-order valence-corrected chi connectivity index (χ2v) is 14.9. The summed E-state index contributed by atoms with van der Waals surface area (Å²) in [6, 6.07) is 15.8. The third-order valence-electron chi connectivity index (χ3n) is 9.42. The summed E-state index contributed by atoms with van der Waals surface area (Å²) in [5.41, 5.74) is 0.598. The van der Waals surface area contributed by atoms with E-state index in [1.54, 1.807) is 6.92 Å². The highest BCUT2D eigenvalue weighted by molar-refractivity contribution is 6.05. The predicted octanol–water partition coefficient (Wildman–Crippen LogP) is 3.31. The molecule has 2 aliphatic heterocycles. The van der Waals surface area contributed by atoms with Gasteiger partial charge in [0, 0.05) is 26.1 Å². The van der Waals surface area contributed by atoms with Gasteiger partial charge in [-0.25, -0.2) is 0 Å². The molecule has 0 spiro atoms. The van der Waals surface area contributed by atoms with Gasteiger partial charge in [0.05, 0.1) is 26.4 Å². The van der Waals surface area contributed by atoms with Crippen LogP contribution in [0.5, 0.6) is 0 Å². The van der Waals surface area contributed by atoms with Gasteiger partial charge in [0.25, 0.3) is 5.91 Å². The first-order chi connectivity index (χ1) is 24.9. The van der Waals surface area contributed by atoms with Crippen LogP contribution in [0.15, 0.2) is 60.7 Å². The van der Waals surface area contributed by atoms with Crippen molar-refractivity contribution in [2.45, 2.75) is 90.4 Å². The Labute approximate surface area is 320 Å². The molecule has 5 amide bonds. The van der Waals surface area contributed by atoms with Crippen molar-refractivity contribution in [2.24, 2.45) is 11.8 Å². The molecule has 0 saturated carbocycles. The van der Waals surface area contributed by atoms with Crippen molar-refractivity contribution in [2.75, 3.05) is 46.0 Å². The summed E-state index contributed by atoms with van der Waals surface area (Å²) in [6.07, 6.45) is 1.86. The van der Waals surface area contributed by atoms with E-state index in [1.807, 2.05) is 79.4 Å². The number of amides is 5. The number of epoxide rings is 1. The van der Waals surface area contributed by atoms with Crippen LogP contribution in [0, 0.1) is 11.8 Å². The minimum Gasteiger partial charge on any atom is -0.379 e. The van der Waals surface area contributed by atoms with Crippen LogP contribution in [-0.2, 0) is 46.3 Å². The largest absolute Gasteiger partial charge is 0.379 e. The van der Waals surface area contributed by atoms with Gasteiger partial charge in [0.2, 0.25) is 23.6 Å². The fourth-order valence-corrected chi connectivity index (χ4v) is 6.18. The number of nitrogens with zero attached hydrogens (tertiary/aromatic N) is 2. The molecule has 0 aromatic heterocycles. The maximum Gasteiger partial charge on any atom is 0.264 e. The molecular weight excluding hydrogens is 698 g/mol. The van der Waals surface area contributed by atoms with Gasteiger partial charge in [-0.2, -0.15) is 0 Å². The molecule has 2 fully saturated rings. The molecule has 4 atom stereocenters. The van der Waals surface area contributed by atoms with Crippen LogP contribution in [0.25, 0.3) is 0 Å². The number of aryl methyl sites for hydroxylation is 1. The second kappa shape index (κ2) is 21.2. The number of rotatable bonds is 19. The number of imide groups is 1. The minimum absolute atomic E-state index is 0. The Morgan fingerprint density at radius 3 is 1.94 bits per heavy atom. The molecule has 53 heavy (non-hydrogen) atoms. The summed E-state index contributed by atoms with van der Waals surface area (Å²) in [5.74, 6) is -2.15. The van der Waals surface area contributed by atoms with Crippen LogP contribution in [0.3, 0.4) is 0 Å². The summed E-state index contributed by atoms with van der Waals surface area (Å²) in [6.45, 7) is 12.2. The van der Waals surface area contributed by atoms with Gasteiger partial charge in [-0.1, -0.05) is 88.4 Å². The Hall–Kier alpha value is -3.84. The molecule has 0 unspecified atom stereocenters. The Morgan fingerprint density at radius 1 is 0.792 bits per heavy atom. The van der Waals surface area contributed by atoms with Crippen LogP contribution in [0.1, 0.15) is 65.0 Å². The Balaban J connectivity index is 0.00000756. The average Bonchev–Trinajstić information content (AvgIpc) is 3.88. The van der Waals surface area contributed by atoms with E-state index >= 15 is 0 Å². The van der Waals surface area contributed by atoms with E-state index in [1.165, 1.54) is 0 Å². The molecule has 2 heterocycles. The first-order valence-corrected chi connectivity index (χ1v) is 18.6. The third-order valence-corrected chi connectivity index (χ3v) is 9.42. The van der Waals surface area contributed by atoms with Crippen LogP contribution < -0.4 is 16.0 Å². The zero-order valence-electron chi connectivity index (χ0n) is 31.8. The number of carbonyl (C=O) groups excluding carboxylic acids is 5. The van der Waals surface area contributed by atoms with E-state index < -0.39 is 47.4 Å². The Morgan fingerprint density at radius 2 is 1.38 bits per heavy atom. The summed E-state index contributed by atoms with van der Waals surface area (Å²) >= 11 is 0. The molecule has 3 N–H and O–H groups in total. The van der Waals surface area contributed by atoms with Gasteiger partial charge in [0.1, 0.15) is 18.1 Å². The highest BCUT2D eigenvalue weighted by Gasteiger charge is 2.53. The zero-order valence-corrected chi connectivity index (χ0v) is 32.6. The number of benzene rings is 2. The summed E-state index contributed by atoms with van der Waals surface area (Å²) in [5, 5.41) is 8.79. The van der Waals surface area contributed by atoms with Crippen molar-refractivity contribution in [1.29, 1.82) is 0 Å². The molecule has 13 heteroatoms. The van der Waals surface area contributed by atoms with Crippen molar-refractivity contribution in [3.63, 3.8) is 0 Å². The Bertz CT molecular complexity index is 1480. The fraction of sp³-hybridized carbons (Fsp3) is 0.575. The molecule has 0 bridgehead atoms. The third kappa shape index (κ3) is 13.8. The first-order valence-electron chi connectivity index (χ1n) is 18.6. The number of morpholine rings is 1. The van der Waals surface area contributed by atoms with E-state index in [4.69, 9.17) is 9.47 Å². The van der Waals surface area contributed by atoms with Crippen molar-refractivity contribution >= 4 is 41.9 Å². The molecule has 0 aliphatic carbocycles. The number of nitrogens with one attached hydrogen (secondary N) is 3. The SMILES string of the molecule is CC(C)CCNC(=O)[C@H](Cc1ccccc1)NC(=O)[C@H](CC(C)C)NC(=O)[C@H](CCc1ccccc1)N(C(=O)CN1CCOCC1)C(=O)[C@@]1(C)CO1.Cl. The Kier molecular flexibility index (Phi) is 17.4. The van der Waals surface area contributed by atoms with Crippen LogP contribution in [0.4, 0.5) is 0 Å². The van der Waals surface area contributed by atoms with Crippen LogP contribution in [-0.4, -0.2) is 109 Å². The van der Waals surface area contributed by atoms with Gasteiger partial charge in [-0.15, -0.1) is 12.4 Å². The van der Waals surface area contributed by atoms with Crippen LogP contribution in [0.2, 0.25) is 0 Å². The predicted molar refractivity (Wildman–Crippen MR) is 205 cm³/mol. The summed E-state index contributed by atoms with van der Waals surface area (Å²) < 4.78 is 10.9. The van der Waals surface area contributed by atoms with E-state index in [0.29, 0.717) is 45.2 Å². The zero-order chi connectivity index (χ0) is 37.7. The second-order valence-electron chi connectivity index (χ2n) is 14.9. The van der Waals surface area contributed by atoms with Crippen molar-refractivity contribution in [3.05, 3.63) is 71.8 Å². The fourth-order valence-electron chi connectivity index (χ4n) is 6.18. The van der Waals surface area contributed by atoms with Gasteiger partial charge in [-0.05, 0) is 55.6 Å². The molecule has 2 aromatic carbocycles. The molecule has 292 valence electrons. The molecule has 2 saturated heterocycles. The molecule has 0 radical (unpaired) electrons. The minimum atomic E-state index is -1.22. The highest BCUT2D eigenvalue weighted by atomic mass is 35.5. The molecular formula is C40H58ClN5O7. The average molecular weight is 756 g/mol. The van der Waals surface area contributed by atoms with Gasteiger partial charge in [-0.3, -0.25) is 33.8 Å².